The Morgan fingerprint density at radius 2 is 2.13 bits per heavy atom. The van der Waals surface area contributed by atoms with Crippen molar-refractivity contribution in [2.45, 2.75) is 13.0 Å². The minimum Gasteiger partial charge on any atom is -0.445 e. The summed E-state index contributed by atoms with van der Waals surface area (Å²) in [4.78, 5) is 14.9. The van der Waals surface area contributed by atoms with Crippen LogP contribution in [0.2, 0.25) is 5.02 Å². The van der Waals surface area contributed by atoms with E-state index in [-0.39, 0.29) is 11.6 Å². The molecule has 0 aliphatic rings. The molecule has 0 radical (unpaired) electrons. The average molecular weight is 333 g/mol. The second kappa shape index (κ2) is 8.76. The molecule has 1 aromatic carbocycles. The molecule has 6 heteroatoms. The molecule has 1 heterocycles. The van der Waals surface area contributed by atoms with Gasteiger partial charge in [-0.1, -0.05) is 53.8 Å². The zero-order valence-corrected chi connectivity index (χ0v) is 12.9. The van der Waals surface area contributed by atoms with Crippen LogP contribution >= 0.6 is 11.6 Å². The van der Waals surface area contributed by atoms with Gasteiger partial charge in [-0.25, -0.2) is 9.78 Å². The van der Waals surface area contributed by atoms with Crippen LogP contribution in [0, 0.1) is 17.8 Å². The van der Waals surface area contributed by atoms with Gasteiger partial charge in [0.2, 0.25) is 5.95 Å². The maximum absolute atomic E-state index is 12.9. The van der Waals surface area contributed by atoms with Crippen LogP contribution in [0.25, 0.3) is 0 Å². The second-order valence-electron chi connectivity index (χ2n) is 4.54. The molecule has 0 bridgehead atoms. The number of rotatable bonds is 4. The number of hydrogen-bond acceptors (Lipinski definition) is 3. The first-order valence-corrected chi connectivity index (χ1v) is 7.27. The summed E-state index contributed by atoms with van der Waals surface area (Å²) in [7, 11) is 0. The van der Waals surface area contributed by atoms with Crippen molar-refractivity contribution in [2.75, 3.05) is 6.54 Å². The number of halogens is 2. The summed E-state index contributed by atoms with van der Waals surface area (Å²) in [6.45, 7) is 0.571. The summed E-state index contributed by atoms with van der Waals surface area (Å²) in [5.41, 5.74) is 1.44. The van der Waals surface area contributed by atoms with Crippen LogP contribution in [0.5, 0.6) is 0 Å². The predicted octanol–water partition coefficient (Wildman–Crippen LogP) is 3.54. The summed E-state index contributed by atoms with van der Waals surface area (Å²) >= 11 is 5.60. The third-order valence-corrected chi connectivity index (χ3v) is 3.03. The molecule has 0 fully saturated rings. The van der Waals surface area contributed by atoms with Gasteiger partial charge in [-0.15, -0.1) is 0 Å². The van der Waals surface area contributed by atoms with E-state index in [4.69, 9.17) is 16.3 Å². The number of benzene rings is 1. The lowest BCUT2D eigenvalue weighted by Crippen LogP contribution is -2.24. The first-order chi connectivity index (χ1) is 11.1. The molecule has 0 atom stereocenters. The molecule has 0 saturated carbocycles. The van der Waals surface area contributed by atoms with Gasteiger partial charge in [0.25, 0.3) is 0 Å². The highest BCUT2D eigenvalue weighted by Gasteiger charge is 2.01. The number of pyridine rings is 1. The van der Waals surface area contributed by atoms with Gasteiger partial charge in [0.15, 0.2) is 0 Å². The number of alkyl carbamates (subject to hydrolysis) is 1. The summed E-state index contributed by atoms with van der Waals surface area (Å²) < 4.78 is 17.9. The molecule has 118 valence electrons. The lowest BCUT2D eigenvalue weighted by Gasteiger charge is -2.05. The topological polar surface area (TPSA) is 51.2 Å². The van der Waals surface area contributed by atoms with Crippen LogP contribution in [0.3, 0.4) is 0 Å². The quantitative estimate of drug-likeness (QED) is 0.529. The van der Waals surface area contributed by atoms with Gasteiger partial charge >= 0.3 is 6.09 Å². The van der Waals surface area contributed by atoms with E-state index in [2.05, 4.69) is 22.1 Å². The van der Waals surface area contributed by atoms with Crippen LogP contribution in [-0.2, 0) is 11.3 Å². The molecule has 2 rings (SSSR count). The highest BCUT2D eigenvalue weighted by Crippen LogP contribution is 2.12. The minimum absolute atomic E-state index is 0.0700. The number of carbonyl (C=O) groups excluding carboxylic acids is 1. The molecule has 4 nitrogen and oxygen atoms in total. The molecule has 1 amide bonds. The Morgan fingerprint density at radius 3 is 2.87 bits per heavy atom. The predicted molar refractivity (Wildman–Crippen MR) is 85.3 cm³/mol. The van der Waals surface area contributed by atoms with Crippen molar-refractivity contribution in [1.29, 1.82) is 0 Å². The first-order valence-electron chi connectivity index (χ1n) is 6.89. The van der Waals surface area contributed by atoms with Crippen LogP contribution < -0.4 is 5.32 Å². The minimum atomic E-state index is -0.722. The lowest BCUT2D eigenvalue weighted by molar-refractivity contribution is 0.140. The third-order valence-electron chi connectivity index (χ3n) is 2.76. The van der Waals surface area contributed by atoms with E-state index in [1.807, 2.05) is 30.3 Å². The molecule has 23 heavy (non-hydrogen) atoms. The van der Waals surface area contributed by atoms with Crippen molar-refractivity contribution in [3.63, 3.8) is 0 Å². The van der Waals surface area contributed by atoms with Crippen LogP contribution in [-0.4, -0.2) is 17.6 Å². The Kier molecular flexibility index (Phi) is 6.40. The van der Waals surface area contributed by atoms with Crippen LogP contribution in [0.15, 0.2) is 42.6 Å². The summed E-state index contributed by atoms with van der Waals surface area (Å²) in [5.74, 6) is 4.90. The van der Waals surface area contributed by atoms with Gasteiger partial charge in [0.05, 0.1) is 5.02 Å². The van der Waals surface area contributed by atoms with Gasteiger partial charge in [0, 0.05) is 24.7 Å². The monoisotopic (exact) mass is 332 g/mol. The summed E-state index contributed by atoms with van der Waals surface area (Å²) in [5, 5.41) is 2.52. The number of aromatic nitrogens is 1. The Morgan fingerprint density at radius 1 is 1.35 bits per heavy atom. The first kappa shape index (κ1) is 16.8. The zero-order chi connectivity index (χ0) is 16.5. The number of amides is 1. The highest BCUT2D eigenvalue weighted by molar-refractivity contribution is 6.30. The number of nitrogens with one attached hydrogen (secondary N) is 1. The molecule has 2 aromatic rings. The SMILES string of the molecule is O=C(NCCC#Cc1cnc(F)c(Cl)c1)OCc1ccccc1. The third kappa shape index (κ3) is 5.97. The van der Waals surface area contributed by atoms with E-state index < -0.39 is 12.0 Å². The summed E-state index contributed by atoms with van der Waals surface area (Å²) in [6, 6.07) is 10.8. The number of ether oxygens (including phenoxy) is 1. The smallest absolute Gasteiger partial charge is 0.407 e. The Bertz CT molecular complexity index is 726. The molecule has 0 aliphatic carbocycles. The van der Waals surface area contributed by atoms with Gasteiger partial charge < -0.3 is 10.1 Å². The van der Waals surface area contributed by atoms with Crippen molar-refractivity contribution in [3.05, 3.63) is 64.7 Å². The van der Waals surface area contributed by atoms with E-state index >= 15 is 0 Å². The largest absolute Gasteiger partial charge is 0.445 e. The van der Waals surface area contributed by atoms with Crippen LogP contribution in [0.4, 0.5) is 9.18 Å². The maximum Gasteiger partial charge on any atom is 0.407 e. The van der Waals surface area contributed by atoms with Crippen molar-refractivity contribution < 1.29 is 13.9 Å². The van der Waals surface area contributed by atoms with Gasteiger partial charge in [0.1, 0.15) is 6.61 Å². The van der Waals surface area contributed by atoms with Gasteiger partial charge in [-0.3, -0.25) is 0 Å². The van der Waals surface area contributed by atoms with Crippen molar-refractivity contribution in [3.8, 4) is 11.8 Å². The fraction of sp³-hybridized carbons (Fsp3) is 0.176. The fourth-order valence-corrected chi connectivity index (χ4v) is 1.82. The van der Waals surface area contributed by atoms with Gasteiger partial charge in [-0.05, 0) is 11.6 Å². The molecular weight excluding hydrogens is 319 g/mol. The number of carbonyl (C=O) groups is 1. The number of nitrogens with zero attached hydrogens (tertiary/aromatic N) is 1. The van der Waals surface area contributed by atoms with Crippen molar-refractivity contribution in [2.24, 2.45) is 0 Å². The molecule has 0 spiro atoms. The number of hydrogen-bond donors (Lipinski definition) is 1. The van der Waals surface area contributed by atoms with E-state index in [1.54, 1.807) is 0 Å². The van der Waals surface area contributed by atoms with Crippen molar-refractivity contribution in [1.82, 2.24) is 10.3 Å². The van der Waals surface area contributed by atoms with Crippen LogP contribution in [0.1, 0.15) is 17.5 Å². The zero-order valence-electron chi connectivity index (χ0n) is 12.2. The normalized spacial score (nSPS) is 9.65. The molecule has 0 saturated heterocycles. The highest BCUT2D eigenvalue weighted by atomic mass is 35.5. The molecule has 1 aromatic heterocycles. The van der Waals surface area contributed by atoms with E-state index in [0.29, 0.717) is 18.5 Å². The van der Waals surface area contributed by atoms with E-state index in [0.717, 1.165) is 5.56 Å². The fourth-order valence-electron chi connectivity index (χ4n) is 1.66. The average Bonchev–Trinajstić information content (AvgIpc) is 2.57. The van der Waals surface area contributed by atoms with Crippen molar-refractivity contribution >= 4 is 17.7 Å². The molecule has 0 unspecified atom stereocenters. The molecule has 1 N–H and O–H groups in total. The molecule has 0 aliphatic heterocycles. The standard InChI is InChI=1S/C17H14ClFN2O2/c18-15-10-14(11-21-16(15)19)8-4-5-9-20-17(22)23-12-13-6-2-1-3-7-13/h1-3,6-7,10-11H,5,9,12H2,(H,20,22). The van der Waals surface area contributed by atoms with E-state index in [1.165, 1.54) is 12.3 Å². The Labute approximate surface area is 138 Å². The summed E-state index contributed by atoms with van der Waals surface area (Å²) in [6.07, 6.45) is 1.23. The Balaban J connectivity index is 1.68. The lowest BCUT2D eigenvalue weighted by atomic mass is 10.2. The second-order valence-corrected chi connectivity index (χ2v) is 4.94. The van der Waals surface area contributed by atoms with E-state index in [9.17, 15) is 9.18 Å². The van der Waals surface area contributed by atoms with Gasteiger partial charge in [-0.2, -0.15) is 4.39 Å². The Hall–Kier alpha value is -2.58. The maximum atomic E-state index is 12.9. The molecular formula is C17H14ClFN2O2.